The lowest BCUT2D eigenvalue weighted by Gasteiger charge is -2.20. The molecule has 0 amide bonds. The number of aryl methyl sites for hydroxylation is 1. The highest BCUT2D eigenvalue weighted by Crippen LogP contribution is 2.20. The zero-order valence-electron chi connectivity index (χ0n) is 19.4. The molecule has 1 fully saturated rings. The summed E-state index contributed by atoms with van der Waals surface area (Å²) in [5.41, 5.74) is 2.31. The van der Waals surface area contributed by atoms with Gasteiger partial charge in [-0.15, -0.1) is 0 Å². The van der Waals surface area contributed by atoms with Crippen molar-refractivity contribution in [3.05, 3.63) is 29.3 Å². The van der Waals surface area contributed by atoms with Crippen molar-refractivity contribution in [2.24, 2.45) is 4.99 Å². The van der Waals surface area contributed by atoms with E-state index in [0.717, 1.165) is 36.8 Å². The zero-order chi connectivity index (χ0) is 21.6. The van der Waals surface area contributed by atoms with Gasteiger partial charge >= 0.3 is 0 Å². The Kier molecular flexibility index (Phi) is 11.6. The molecule has 0 bridgehead atoms. The molecule has 0 aromatic heterocycles. The van der Waals surface area contributed by atoms with Crippen molar-refractivity contribution in [3.63, 3.8) is 0 Å². The van der Waals surface area contributed by atoms with Gasteiger partial charge in [0.15, 0.2) is 5.96 Å². The molecule has 30 heavy (non-hydrogen) atoms. The summed E-state index contributed by atoms with van der Waals surface area (Å²) in [6.45, 7) is 13.4. The van der Waals surface area contributed by atoms with Crippen molar-refractivity contribution >= 4 is 5.96 Å². The monoisotopic (exact) mass is 419 g/mol. The molecule has 2 rings (SSSR count). The Morgan fingerprint density at radius 3 is 2.80 bits per heavy atom. The quantitative estimate of drug-likeness (QED) is 0.325. The van der Waals surface area contributed by atoms with Crippen LogP contribution in [-0.2, 0) is 11.3 Å². The summed E-state index contributed by atoms with van der Waals surface area (Å²) in [5.74, 6) is 1.73. The first-order valence-electron chi connectivity index (χ1n) is 11.3. The Hall–Kier alpha value is -1.83. The average molecular weight is 420 g/mol. The largest absolute Gasteiger partial charge is 0.491 e. The van der Waals surface area contributed by atoms with Crippen molar-refractivity contribution in [2.75, 3.05) is 73.2 Å². The molecule has 1 aliphatic heterocycles. The fraction of sp³-hybridized carbons (Fsp3) is 0.696. The summed E-state index contributed by atoms with van der Waals surface area (Å²) in [6, 6.07) is 6.31. The summed E-state index contributed by atoms with van der Waals surface area (Å²) >= 11 is 0. The predicted molar refractivity (Wildman–Crippen MR) is 125 cm³/mol. The molecule has 170 valence electrons. The highest BCUT2D eigenvalue weighted by Gasteiger charge is 2.11. The van der Waals surface area contributed by atoms with Crippen LogP contribution in [0.2, 0.25) is 0 Å². The smallest absolute Gasteiger partial charge is 0.191 e. The van der Waals surface area contributed by atoms with Gasteiger partial charge in [-0.2, -0.15) is 0 Å². The Morgan fingerprint density at radius 1 is 1.13 bits per heavy atom. The molecule has 1 aromatic carbocycles. The molecular weight excluding hydrogens is 378 g/mol. The summed E-state index contributed by atoms with van der Waals surface area (Å²) in [6.07, 6.45) is 2.37. The first-order chi connectivity index (χ1) is 14.6. The minimum absolute atomic E-state index is 0.559. The van der Waals surface area contributed by atoms with Gasteiger partial charge in [0.05, 0.1) is 6.61 Å². The zero-order valence-corrected chi connectivity index (χ0v) is 19.4. The normalized spacial score (nSPS) is 16.3. The number of nitrogens with one attached hydrogen (secondary N) is 2. The van der Waals surface area contributed by atoms with E-state index in [9.17, 15) is 0 Å². The van der Waals surface area contributed by atoms with E-state index in [-0.39, 0.29) is 0 Å². The van der Waals surface area contributed by atoms with Gasteiger partial charge < -0.3 is 29.9 Å². The fourth-order valence-corrected chi connectivity index (χ4v) is 3.53. The molecule has 7 heteroatoms. The second-order valence-electron chi connectivity index (χ2n) is 7.86. The lowest BCUT2D eigenvalue weighted by molar-refractivity contribution is 0.110. The minimum Gasteiger partial charge on any atom is -0.491 e. The maximum absolute atomic E-state index is 5.94. The molecule has 1 heterocycles. The third-order valence-electron chi connectivity index (χ3n) is 5.34. The Labute approximate surface area is 182 Å². The highest BCUT2D eigenvalue weighted by molar-refractivity contribution is 5.79. The van der Waals surface area contributed by atoms with Gasteiger partial charge in [0.2, 0.25) is 0 Å². The number of likely N-dealkylation sites (N-methyl/N-ethyl adjacent to an activating group) is 1. The van der Waals surface area contributed by atoms with Gasteiger partial charge in [0, 0.05) is 45.4 Å². The van der Waals surface area contributed by atoms with Crippen molar-refractivity contribution in [1.29, 1.82) is 0 Å². The van der Waals surface area contributed by atoms with Gasteiger partial charge in [-0.1, -0.05) is 12.1 Å². The molecular formula is C23H41N5O2. The summed E-state index contributed by atoms with van der Waals surface area (Å²) in [5, 5.41) is 6.84. The van der Waals surface area contributed by atoms with E-state index in [2.05, 4.69) is 57.6 Å². The number of hydrogen-bond acceptors (Lipinski definition) is 5. The van der Waals surface area contributed by atoms with E-state index < -0.39 is 0 Å². The molecule has 7 nitrogen and oxygen atoms in total. The number of hydrogen-bond donors (Lipinski definition) is 2. The lowest BCUT2D eigenvalue weighted by Crippen LogP contribution is -2.38. The molecule has 0 atom stereocenters. The average Bonchev–Trinajstić information content (AvgIpc) is 2.96. The van der Waals surface area contributed by atoms with Crippen LogP contribution in [0.5, 0.6) is 5.75 Å². The first-order valence-corrected chi connectivity index (χ1v) is 11.3. The van der Waals surface area contributed by atoms with Crippen molar-refractivity contribution in [3.8, 4) is 5.75 Å². The SMILES string of the molecule is CCOCCOc1cc(C)ccc1CNC(=NC)NCCCN1CCCN(C)CC1. The van der Waals surface area contributed by atoms with Crippen LogP contribution in [0.25, 0.3) is 0 Å². The number of nitrogens with zero attached hydrogens (tertiary/aromatic N) is 3. The van der Waals surface area contributed by atoms with Crippen LogP contribution in [-0.4, -0.2) is 88.9 Å². The standard InChI is InChI=1S/C23H41N5O2/c1-5-29-16-17-30-22-18-20(2)8-9-21(22)19-26-23(24-3)25-10-6-12-28-13-7-11-27(4)14-15-28/h8-9,18H,5-7,10-17,19H2,1-4H3,(H2,24,25,26). The van der Waals surface area contributed by atoms with Gasteiger partial charge in [0.1, 0.15) is 12.4 Å². The Bertz CT molecular complexity index is 638. The van der Waals surface area contributed by atoms with E-state index in [0.29, 0.717) is 26.4 Å². The summed E-state index contributed by atoms with van der Waals surface area (Å²) < 4.78 is 11.3. The van der Waals surface area contributed by atoms with Crippen molar-refractivity contribution in [1.82, 2.24) is 20.4 Å². The predicted octanol–water partition coefficient (Wildman–Crippen LogP) is 2.10. The first kappa shape index (κ1) is 24.4. The van der Waals surface area contributed by atoms with Crippen LogP contribution in [0, 0.1) is 6.92 Å². The second-order valence-corrected chi connectivity index (χ2v) is 7.86. The third kappa shape index (κ3) is 9.32. The van der Waals surface area contributed by atoms with Crippen LogP contribution in [0.4, 0.5) is 0 Å². The molecule has 1 saturated heterocycles. The fourth-order valence-electron chi connectivity index (χ4n) is 3.53. The Balaban J connectivity index is 1.73. The minimum atomic E-state index is 0.559. The highest BCUT2D eigenvalue weighted by atomic mass is 16.5. The van der Waals surface area contributed by atoms with Crippen molar-refractivity contribution in [2.45, 2.75) is 33.2 Å². The maximum atomic E-state index is 5.94. The molecule has 2 N–H and O–H groups in total. The molecule has 0 aliphatic carbocycles. The topological polar surface area (TPSA) is 61.4 Å². The van der Waals surface area contributed by atoms with Gasteiger partial charge in [0.25, 0.3) is 0 Å². The summed E-state index contributed by atoms with van der Waals surface area (Å²) in [7, 11) is 4.03. The Morgan fingerprint density at radius 2 is 2.00 bits per heavy atom. The van der Waals surface area contributed by atoms with Crippen LogP contribution in [0.3, 0.4) is 0 Å². The molecule has 0 unspecified atom stereocenters. The molecule has 1 aliphatic rings. The third-order valence-corrected chi connectivity index (χ3v) is 5.34. The van der Waals surface area contributed by atoms with E-state index in [1.54, 1.807) is 0 Å². The van der Waals surface area contributed by atoms with Gasteiger partial charge in [-0.3, -0.25) is 4.99 Å². The lowest BCUT2D eigenvalue weighted by atomic mass is 10.1. The summed E-state index contributed by atoms with van der Waals surface area (Å²) in [4.78, 5) is 9.35. The van der Waals surface area contributed by atoms with Crippen molar-refractivity contribution < 1.29 is 9.47 Å². The number of ether oxygens (including phenoxy) is 2. The van der Waals surface area contributed by atoms with E-state index in [1.165, 1.54) is 38.2 Å². The maximum Gasteiger partial charge on any atom is 0.191 e. The number of aliphatic imine (C=N–C) groups is 1. The van der Waals surface area contributed by atoms with E-state index >= 15 is 0 Å². The van der Waals surface area contributed by atoms with Crippen LogP contribution >= 0.6 is 0 Å². The molecule has 0 spiro atoms. The number of benzene rings is 1. The molecule has 0 radical (unpaired) electrons. The van der Waals surface area contributed by atoms with Crippen LogP contribution in [0.15, 0.2) is 23.2 Å². The molecule has 1 aromatic rings. The van der Waals surface area contributed by atoms with Gasteiger partial charge in [-0.05, 0) is 65.0 Å². The van der Waals surface area contributed by atoms with E-state index in [1.807, 2.05) is 14.0 Å². The van der Waals surface area contributed by atoms with Crippen LogP contribution < -0.4 is 15.4 Å². The second kappa shape index (κ2) is 14.2. The van der Waals surface area contributed by atoms with Crippen LogP contribution in [0.1, 0.15) is 30.9 Å². The van der Waals surface area contributed by atoms with E-state index in [4.69, 9.17) is 9.47 Å². The number of rotatable bonds is 11. The number of guanidine groups is 1. The van der Waals surface area contributed by atoms with Gasteiger partial charge in [-0.25, -0.2) is 0 Å². The molecule has 0 saturated carbocycles.